The van der Waals surface area contributed by atoms with E-state index in [1.54, 1.807) is 4.90 Å². The van der Waals surface area contributed by atoms with E-state index in [1.807, 2.05) is 0 Å². The quantitative estimate of drug-likeness (QED) is 0.756. The summed E-state index contributed by atoms with van der Waals surface area (Å²) >= 11 is 0. The number of urea groups is 1. The van der Waals surface area contributed by atoms with Crippen LogP contribution >= 0.6 is 0 Å². The van der Waals surface area contributed by atoms with Crippen LogP contribution in [0.2, 0.25) is 0 Å². The molecule has 0 bridgehead atoms. The van der Waals surface area contributed by atoms with Gasteiger partial charge in [0.1, 0.15) is 9.84 Å². The highest BCUT2D eigenvalue weighted by atomic mass is 32.2. The molecule has 1 aliphatic heterocycles. The molecule has 1 aliphatic carbocycles. The molecule has 2 aliphatic rings. The Morgan fingerprint density at radius 3 is 2.25 bits per heavy atom. The molecule has 0 aromatic rings. The minimum Gasteiger partial charge on any atom is -0.481 e. The van der Waals surface area contributed by atoms with Gasteiger partial charge in [0.05, 0.1) is 17.9 Å². The zero-order chi connectivity index (χ0) is 14.8. The first-order valence-corrected chi connectivity index (χ1v) is 8.69. The summed E-state index contributed by atoms with van der Waals surface area (Å²) in [6.45, 7) is 0.205. The van der Waals surface area contributed by atoms with Crippen LogP contribution in [0.1, 0.15) is 32.1 Å². The summed E-state index contributed by atoms with van der Waals surface area (Å²) in [5, 5.41) is 11.5. The highest BCUT2D eigenvalue weighted by molar-refractivity contribution is 7.91. The molecule has 1 heterocycles. The average molecular weight is 304 g/mol. The molecule has 1 saturated heterocycles. The van der Waals surface area contributed by atoms with Crippen molar-refractivity contribution in [2.45, 2.75) is 44.2 Å². The molecule has 0 atom stereocenters. The summed E-state index contributed by atoms with van der Waals surface area (Å²) in [5.74, 6) is -0.709. The van der Waals surface area contributed by atoms with Crippen LogP contribution in [-0.2, 0) is 14.6 Å². The number of rotatable bonds is 5. The first kappa shape index (κ1) is 15.1. The standard InChI is InChI=1S/C12H20N2O5S/c15-11(16)3-6-14(10-1-2-10)12(17)13-9-4-7-20(18,19)8-5-9/h9-10H,1-8H2,(H,13,17)(H,15,16). The first-order valence-electron chi connectivity index (χ1n) is 6.87. The number of carboxylic acid groups (broad SMARTS) is 1. The number of carbonyl (C=O) groups is 2. The van der Waals surface area contributed by atoms with Crippen molar-refractivity contribution in [1.82, 2.24) is 10.2 Å². The molecular formula is C12H20N2O5S. The van der Waals surface area contributed by atoms with Gasteiger partial charge in [0.2, 0.25) is 0 Å². The Morgan fingerprint density at radius 2 is 1.75 bits per heavy atom. The molecule has 2 rings (SSSR count). The van der Waals surface area contributed by atoms with Gasteiger partial charge in [0.25, 0.3) is 0 Å². The third kappa shape index (κ3) is 4.36. The van der Waals surface area contributed by atoms with Crippen LogP contribution in [0.4, 0.5) is 4.79 Å². The Balaban J connectivity index is 1.84. The largest absolute Gasteiger partial charge is 0.481 e. The predicted molar refractivity (Wildman–Crippen MR) is 72.2 cm³/mol. The molecular weight excluding hydrogens is 284 g/mol. The summed E-state index contributed by atoms with van der Waals surface area (Å²) in [7, 11) is -2.94. The number of aliphatic carboxylic acids is 1. The maximum Gasteiger partial charge on any atom is 0.317 e. The molecule has 2 fully saturated rings. The van der Waals surface area contributed by atoms with Crippen molar-refractivity contribution in [1.29, 1.82) is 0 Å². The van der Waals surface area contributed by atoms with E-state index in [0.29, 0.717) is 12.8 Å². The molecule has 0 unspecified atom stereocenters. The normalized spacial score (nSPS) is 22.2. The number of amides is 2. The number of carbonyl (C=O) groups excluding carboxylic acids is 1. The van der Waals surface area contributed by atoms with Crippen LogP contribution in [-0.4, -0.2) is 60.6 Å². The van der Waals surface area contributed by atoms with E-state index >= 15 is 0 Å². The van der Waals surface area contributed by atoms with E-state index in [-0.39, 0.29) is 42.6 Å². The summed E-state index contributed by atoms with van der Waals surface area (Å²) < 4.78 is 22.6. The minimum absolute atomic E-state index is 0.0665. The number of nitrogens with zero attached hydrogens (tertiary/aromatic N) is 1. The van der Waals surface area contributed by atoms with Gasteiger partial charge in [-0.25, -0.2) is 13.2 Å². The van der Waals surface area contributed by atoms with Crippen LogP contribution in [0, 0.1) is 0 Å². The lowest BCUT2D eigenvalue weighted by molar-refractivity contribution is -0.137. The third-order valence-corrected chi connectivity index (χ3v) is 5.41. The molecule has 0 aromatic heterocycles. The van der Waals surface area contributed by atoms with E-state index in [0.717, 1.165) is 12.8 Å². The van der Waals surface area contributed by atoms with Crippen molar-refractivity contribution < 1.29 is 23.1 Å². The number of hydrogen-bond acceptors (Lipinski definition) is 4. The van der Waals surface area contributed by atoms with Gasteiger partial charge in [-0.1, -0.05) is 0 Å². The predicted octanol–water partition coefficient (Wildman–Crippen LogP) is 0.212. The third-order valence-electron chi connectivity index (χ3n) is 3.70. The van der Waals surface area contributed by atoms with E-state index < -0.39 is 15.8 Å². The van der Waals surface area contributed by atoms with Crippen molar-refractivity contribution in [3.8, 4) is 0 Å². The fourth-order valence-corrected chi connectivity index (χ4v) is 3.84. The monoisotopic (exact) mass is 304 g/mol. The van der Waals surface area contributed by atoms with Crippen molar-refractivity contribution in [3.63, 3.8) is 0 Å². The van der Waals surface area contributed by atoms with E-state index in [4.69, 9.17) is 5.11 Å². The smallest absolute Gasteiger partial charge is 0.317 e. The van der Waals surface area contributed by atoms with Gasteiger partial charge in [0.15, 0.2) is 0 Å². The fourth-order valence-electron chi connectivity index (χ4n) is 2.34. The zero-order valence-electron chi connectivity index (χ0n) is 11.2. The van der Waals surface area contributed by atoms with Crippen molar-refractivity contribution in [3.05, 3.63) is 0 Å². The molecule has 8 heteroatoms. The second-order valence-electron chi connectivity index (χ2n) is 5.44. The van der Waals surface area contributed by atoms with Crippen LogP contribution in [0.5, 0.6) is 0 Å². The molecule has 0 spiro atoms. The summed E-state index contributed by atoms with van der Waals surface area (Å²) in [4.78, 5) is 24.3. The Morgan fingerprint density at radius 1 is 1.15 bits per heavy atom. The van der Waals surface area contributed by atoms with Gasteiger partial charge < -0.3 is 15.3 Å². The van der Waals surface area contributed by atoms with E-state index in [2.05, 4.69) is 5.32 Å². The van der Waals surface area contributed by atoms with E-state index in [1.165, 1.54) is 0 Å². The summed E-state index contributed by atoms with van der Waals surface area (Å²) in [5.41, 5.74) is 0. The Hall–Kier alpha value is -1.31. The van der Waals surface area contributed by atoms with Crippen molar-refractivity contribution >= 4 is 21.8 Å². The molecule has 114 valence electrons. The Kier molecular flexibility index (Phi) is 4.52. The Labute approximate surface area is 118 Å². The zero-order valence-corrected chi connectivity index (χ0v) is 12.1. The lowest BCUT2D eigenvalue weighted by Gasteiger charge is -2.28. The molecule has 1 saturated carbocycles. The molecule has 0 radical (unpaired) electrons. The SMILES string of the molecule is O=C(O)CCN(C(=O)NC1CCS(=O)(=O)CC1)C1CC1. The number of hydrogen-bond donors (Lipinski definition) is 2. The second-order valence-corrected chi connectivity index (χ2v) is 7.75. The molecule has 2 amide bonds. The van der Waals surface area contributed by atoms with Crippen LogP contribution in [0.15, 0.2) is 0 Å². The highest BCUT2D eigenvalue weighted by Gasteiger charge is 2.34. The van der Waals surface area contributed by atoms with Crippen molar-refractivity contribution in [2.75, 3.05) is 18.1 Å². The second kappa shape index (κ2) is 5.99. The van der Waals surface area contributed by atoms with Crippen LogP contribution in [0.25, 0.3) is 0 Å². The van der Waals surface area contributed by atoms with Crippen LogP contribution < -0.4 is 5.32 Å². The van der Waals surface area contributed by atoms with Gasteiger partial charge >= 0.3 is 12.0 Å². The average Bonchev–Trinajstić information content (AvgIpc) is 3.16. The van der Waals surface area contributed by atoms with Gasteiger partial charge in [0, 0.05) is 18.6 Å². The molecule has 2 N–H and O–H groups in total. The first-order chi connectivity index (χ1) is 9.37. The van der Waals surface area contributed by atoms with Gasteiger partial charge in [-0.05, 0) is 25.7 Å². The summed E-state index contributed by atoms with van der Waals surface area (Å²) in [6.07, 6.45) is 2.62. The molecule has 7 nitrogen and oxygen atoms in total. The van der Waals surface area contributed by atoms with Crippen LogP contribution in [0.3, 0.4) is 0 Å². The maximum absolute atomic E-state index is 12.1. The number of carboxylic acids is 1. The minimum atomic E-state index is -2.94. The lowest BCUT2D eigenvalue weighted by Crippen LogP contribution is -2.48. The van der Waals surface area contributed by atoms with Gasteiger partial charge in [-0.3, -0.25) is 4.79 Å². The van der Waals surface area contributed by atoms with Gasteiger partial charge in [-0.2, -0.15) is 0 Å². The maximum atomic E-state index is 12.1. The highest BCUT2D eigenvalue weighted by Crippen LogP contribution is 2.27. The lowest BCUT2D eigenvalue weighted by atomic mass is 10.1. The fraction of sp³-hybridized carbons (Fsp3) is 0.833. The number of nitrogens with one attached hydrogen (secondary N) is 1. The number of sulfone groups is 1. The molecule has 0 aromatic carbocycles. The Bertz CT molecular complexity index is 472. The van der Waals surface area contributed by atoms with E-state index in [9.17, 15) is 18.0 Å². The summed E-state index contributed by atoms with van der Waals surface area (Å²) in [6, 6.07) is -0.253. The molecule has 20 heavy (non-hydrogen) atoms. The topological polar surface area (TPSA) is 104 Å². The van der Waals surface area contributed by atoms with Gasteiger partial charge in [-0.15, -0.1) is 0 Å². The van der Waals surface area contributed by atoms with Crippen molar-refractivity contribution in [2.24, 2.45) is 0 Å².